The molecule has 150 valence electrons. The zero-order chi connectivity index (χ0) is 20.4. The van der Waals surface area contributed by atoms with E-state index in [0.717, 1.165) is 29.0 Å². The molecule has 0 aromatic carbocycles. The fourth-order valence-corrected chi connectivity index (χ4v) is 3.64. The summed E-state index contributed by atoms with van der Waals surface area (Å²) in [5.74, 6) is 2.75. The van der Waals surface area contributed by atoms with Crippen LogP contribution in [-0.2, 0) is 10.8 Å². The van der Waals surface area contributed by atoms with Gasteiger partial charge in [0.2, 0.25) is 5.88 Å². The van der Waals surface area contributed by atoms with Crippen LogP contribution in [0.5, 0.6) is 11.6 Å². The molecule has 3 unspecified atom stereocenters. The van der Waals surface area contributed by atoms with Crippen LogP contribution in [0.3, 0.4) is 0 Å². The Morgan fingerprint density at radius 2 is 1.97 bits per heavy atom. The predicted octanol–water partition coefficient (Wildman–Crippen LogP) is 3.17. The fourth-order valence-electron chi connectivity index (χ4n) is 3.18. The largest absolute Gasteiger partial charge is 0.495 e. The second-order valence-corrected chi connectivity index (χ2v) is 8.34. The van der Waals surface area contributed by atoms with E-state index in [1.165, 1.54) is 0 Å². The molecule has 0 N–H and O–H groups in total. The monoisotopic (exact) mass is 410 g/mol. The van der Waals surface area contributed by atoms with Gasteiger partial charge in [0.05, 0.1) is 36.3 Å². The predicted molar refractivity (Wildman–Crippen MR) is 109 cm³/mol. The van der Waals surface area contributed by atoms with E-state index < -0.39 is 10.8 Å². The minimum atomic E-state index is -1.12. The van der Waals surface area contributed by atoms with Crippen molar-refractivity contribution in [2.24, 2.45) is 5.92 Å². The second-order valence-electron chi connectivity index (χ2n) is 7.01. The third-order valence-electron chi connectivity index (χ3n) is 4.95. The fraction of sp³-hybridized carbons (Fsp3) is 0.333. The molecular formula is C21H22N4O3S. The molecule has 0 saturated heterocycles. The number of nitrogens with zero attached hydrogens (tertiary/aromatic N) is 4. The van der Waals surface area contributed by atoms with Gasteiger partial charge in [-0.2, -0.15) is 4.98 Å². The Labute approximate surface area is 172 Å². The molecule has 1 saturated carbocycles. The SMILES string of the molecule is COc1ccc(C2CC2COc2nc(C)ncc2-c2ccc(S(C)=O)nc2)nc1. The first-order chi connectivity index (χ1) is 14.0. The van der Waals surface area contributed by atoms with Crippen molar-refractivity contribution in [2.75, 3.05) is 20.0 Å². The van der Waals surface area contributed by atoms with Crippen molar-refractivity contribution in [3.05, 3.63) is 54.4 Å². The van der Waals surface area contributed by atoms with Crippen molar-refractivity contribution >= 4 is 10.8 Å². The summed E-state index contributed by atoms with van der Waals surface area (Å²) in [4.78, 5) is 17.5. The van der Waals surface area contributed by atoms with Crippen molar-refractivity contribution in [2.45, 2.75) is 24.3 Å². The van der Waals surface area contributed by atoms with Crippen LogP contribution >= 0.6 is 0 Å². The molecule has 0 radical (unpaired) electrons. The number of aryl methyl sites for hydroxylation is 1. The summed E-state index contributed by atoms with van der Waals surface area (Å²) < 4.78 is 22.8. The van der Waals surface area contributed by atoms with Gasteiger partial charge in [-0.3, -0.25) is 9.19 Å². The Morgan fingerprint density at radius 1 is 1.10 bits per heavy atom. The van der Waals surface area contributed by atoms with E-state index in [1.807, 2.05) is 25.1 Å². The summed E-state index contributed by atoms with van der Waals surface area (Å²) in [5.41, 5.74) is 2.67. The Bertz CT molecular complexity index is 1030. The smallest absolute Gasteiger partial charge is 0.224 e. The van der Waals surface area contributed by atoms with E-state index >= 15 is 0 Å². The standard InChI is InChI=1S/C21H22N4O3S/c1-13-22-11-18(14-4-7-20(24-9-14)29(3)26)21(25-13)28-12-15-8-17(15)19-6-5-16(27-2)10-23-19/h4-7,9-11,15,17H,8,12H2,1-3H3. The van der Waals surface area contributed by atoms with E-state index in [1.54, 1.807) is 38.0 Å². The van der Waals surface area contributed by atoms with Crippen molar-refractivity contribution < 1.29 is 13.7 Å². The Hall–Kier alpha value is -2.87. The maximum absolute atomic E-state index is 11.6. The average Bonchev–Trinajstić information content (AvgIpc) is 3.52. The van der Waals surface area contributed by atoms with Gasteiger partial charge in [-0.05, 0) is 37.6 Å². The molecule has 1 fully saturated rings. The number of hydrogen-bond donors (Lipinski definition) is 0. The van der Waals surface area contributed by atoms with Crippen molar-refractivity contribution in [1.82, 2.24) is 19.9 Å². The van der Waals surface area contributed by atoms with Crippen LogP contribution < -0.4 is 9.47 Å². The number of ether oxygens (including phenoxy) is 2. The third kappa shape index (κ3) is 4.42. The summed E-state index contributed by atoms with van der Waals surface area (Å²) in [6.07, 6.45) is 7.81. The van der Waals surface area contributed by atoms with Gasteiger partial charge >= 0.3 is 0 Å². The quantitative estimate of drug-likeness (QED) is 0.591. The maximum atomic E-state index is 11.6. The van der Waals surface area contributed by atoms with Crippen LogP contribution in [0.1, 0.15) is 23.9 Å². The van der Waals surface area contributed by atoms with Crippen LogP contribution in [0.2, 0.25) is 0 Å². The normalized spacial score (nSPS) is 18.9. The lowest BCUT2D eigenvalue weighted by Gasteiger charge is -2.11. The first kappa shape index (κ1) is 19.4. The molecule has 0 spiro atoms. The summed E-state index contributed by atoms with van der Waals surface area (Å²) in [5, 5.41) is 0.539. The lowest BCUT2D eigenvalue weighted by molar-refractivity contribution is 0.285. The number of hydrogen-bond acceptors (Lipinski definition) is 7. The van der Waals surface area contributed by atoms with Crippen LogP contribution in [0, 0.1) is 12.8 Å². The van der Waals surface area contributed by atoms with E-state index in [-0.39, 0.29) is 0 Å². The number of pyridine rings is 2. The molecule has 3 atom stereocenters. The Kier molecular flexibility index (Phi) is 5.53. The molecule has 0 amide bonds. The molecule has 1 aliphatic carbocycles. The second kappa shape index (κ2) is 8.24. The molecule has 0 aliphatic heterocycles. The molecule has 3 aromatic rings. The minimum absolute atomic E-state index is 0.396. The van der Waals surface area contributed by atoms with Crippen molar-refractivity contribution in [3.63, 3.8) is 0 Å². The molecule has 3 aromatic heterocycles. The number of methoxy groups -OCH3 is 1. The zero-order valence-electron chi connectivity index (χ0n) is 16.5. The van der Waals surface area contributed by atoms with Gasteiger partial charge in [-0.15, -0.1) is 0 Å². The molecule has 8 heteroatoms. The van der Waals surface area contributed by atoms with Crippen molar-refractivity contribution in [3.8, 4) is 22.8 Å². The highest BCUT2D eigenvalue weighted by Gasteiger charge is 2.40. The van der Waals surface area contributed by atoms with E-state index in [4.69, 9.17) is 9.47 Å². The van der Waals surface area contributed by atoms with Crippen LogP contribution in [-0.4, -0.2) is 44.1 Å². The first-order valence-corrected chi connectivity index (χ1v) is 10.9. The van der Waals surface area contributed by atoms with Crippen LogP contribution in [0.4, 0.5) is 0 Å². The third-order valence-corrected chi connectivity index (χ3v) is 5.78. The summed E-state index contributed by atoms with van der Waals surface area (Å²) >= 11 is 0. The molecule has 29 heavy (non-hydrogen) atoms. The topological polar surface area (TPSA) is 87.1 Å². The van der Waals surface area contributed by atoms with Gasteiger partial charge in [-0.1, -0.05) is 0 Å². The Morgan fingerprint density at radius 3 is 2.62 bits per heavy atom. The number of rotatable bonds is 7. The van der Waals surface area contributed by atoms with Crippen molar-refractivity contribution in [1.29, 1.82) is 0 Å². The Balaban J connectivity index is 1.46. The average molecular weight is 410 g/mol. The number of aromatic nitrogens is 4. The van der Waals surface area contributed by atoms with E-state index in [2.05, 4.69) is 19.9 Å². The molecule has 3 heterocycles. The highest BCUT2D eigenvalue weighted by atomic mass is 32.2. The molecule has 7 nitrogen and oxygen atoms in total. The van der Waals surface area contributed by atoms with Gasteiger partial charge in [0, 0.05) is 41.7 Å². The zero-order valence-corrected chi connectivity index (χ0v) is 17.3. The summed E-state index contributed by atoms with van der Waals surface area (Å²) in [7, 11) is 0.519. The molecule has 1 aliphatic rings. The van der Waals surface area contributed by atoms with Crippen LogP contribution in [0.15, 0.2) is 47.9 Å². The lowest BCUT2D eigenvalue weighted by Crippen LogP contribution is -2.06. The molecular weight excluding hydrogens is 388 g/mol. The van der Waals surface area contributed by atoms with Gasteiger partial charge in [0.25, 0.3) is 0 Å². The van der Waals surface area contributed by atoms with Crippen LogP contribution in [0.25, 0.3) is 11.1 Å². The van der Waals surface area contributed by atoms with Gasteiger partial charge < -0.3 is 9.47 Å². The van der Waals surface area contributed by atoms with Gasteiger partial charge in [-0.25, -0.2) is 9.97 Å². The highest BCUT2D eigenvalue weighted by Crippen LogP contribution is 2.47. The van der Waals surface area contributed by atoms with Gasteiger partial charge in [0.15, 0.2) is 0 Å². The van der Waals surface area contributed by atoms with Gasteiger partial charge in [0.1, 0.15) is 16.6 Å². The highest BCUT2D eigenvalue weighted by molar-refractivity contribution is 7.84. The summed E-state index contributed by atoms with van der Waals surface area (Å²) in [6, 6.07) is 7.56. The molecule has 0 bridgehead atoms. The van der Waals surface area contributed by atoms with E-state index in [0.29, 0.717) is 35.2 Å². The lowest BCUT2D eigenvalue weighted by atomic mass is 10.1. The summed E-state index contributed by atoms with van der Waals surface area (Å²) in [6.45, 7) is 2.39. The molecule has 4 rings (SSSR count). The maximum Gasteiger partial charge on any atom is 0.224 e. The minimum Gasteiger partial charge on any atom is -0.495 e. The van der Waals surface area contributed by atoms with E-state index in [9.17, 15) is 4.21 Å². The first-order valence-electron chi connectivity index (χ1n) is 9.31.